The number of rotatable bonds is 4. The van der Waals surface area contributed by atoms with E-state index in [9.17, 15) is 0 Å². The van der Waals surface area contributed by atoms with E-state index in [4.69, 9.17) is 34.3 Å². The minimum absolute atomic E-state index is 0.320. The van der Waals surface area contributed by atoms with Gasteiger partial charge in [-0.05, 0) is 25.0 Å². The van der Waals surface area contributed by atoms with Crippen LogP contribution in [0.3, 0.4) is 0 Å². The van der Waals surface area contributed by atoms with Crippen LogP contribution in [0.25, 0.3) is 0 Å². The molecule has 0 radical (unpaired) electrons. The second kappa shape index (κ2) is 5.21. The number of hydrogen-bond donors (Lipinski definition) is 2. The normalized spacial score (nSPS) is 22.9. The van der Waals surface area contributed by atoms with Crippen LogP contribution in [0.4, 0.5) is 5.69 Å². The number of ether oxygens (including phenoxy) is 1. The Morgan fingerprint density at radius 1 is 1.53 bits per heavy atom. The van der Waals surface area contributed by atoms with Crippen LogP contribution in [0.5, 0.6) is 0 Å². The van der Waals surface area contributed by atoms with E-state index in [0.29, 0.717) is 22.2 Å². The average Bonchev–Trinajstić information content (AvgIpc) is 2.22. The van der Waals surface area contributed by atoms with Crippen LogP contribution in [0, 0.1) is 0 Å². The average molecular weight is 271 g/mol. The van der Waals surface area contributed by atoms with Gasteiger partial charge in [-0.2, -0.15) is 0 Å². The van der Waals surface area contributed by atoms with Gasteiger partial charge in [-0.1, -0.05) is 29.9 Å². The largest absolute Gasteiger partial charge is 0.389 e. The zero-order valence-corrected chi connectivity index (χ0v) is 11.1. The second-order valence-electron chi connectivity index (χ2n) is 4.20. The summed E-state index contributed by atoms with van der Waals surface area (Å²) in [6.45, 7) is 0. The molecule has 1 fully saturated rings. The van der Waals surface area contributed by atoms with Crippen molar-refractivity contribution >= 4 is 34.5 Å². The summed E-state index contributed by atoms with van der Waals surface area (Å²) in [7, 11) is 1.74. The lowest BCUT2D eigenvalue weighted by molar-refractivity contribution is 0.0329. The lowest BCUT2D eigenvalue weighted by atomic mass is 9.89. The number of halogens is 1. The van der Waals surface area contributed by atoms with E-state index < -0.39 is 0 Å². The molecule has 2 rings (SSSR count). The van der Waals surface area contributed by atoms with Crippen molar-refractivity contribution in [3.05, 3.63) is 28.8 Å². The van der Waals surface area contributed by atoms with E-state index in [1.54, 1.807) is 13.2 Å². The Kier molecular flexibility index (Phi) is 3.86. The van der Waals surface area contributed by atoms with E-state index in [0.717, 1.165) is 24.1 Å². The molecule has 0 aromatic heterocycles. The van der Waals surface area contributed by atoms with Crippen molar-refractivity contribution in [2.24, 2.45) is 5.73 Å². The molecule has 0 bridgehead atoms. The first kappa shape index (κ1) is 12.6. The SMILES string of the molecule is COC1CC(Nc2cccc(Cl)c2C(N)=S)C1. The van der Waals surface area contributed by atoms with Crippen LogP contribution in [0.2, 0.25) is 5.02 Å². The van der Waals surface area contributed by atoms with Gasteiger partial charge in [0.25, 0.3) is 0 Å². The van der Waals surface area contributed by atoms with Gasteiger partial charge in [-0.3, -0.25) is 0 Å². The maximum absolute atomic E-state index is 6.09. The minimum Gasteiger partial charge on any atom is -0.389 e. The van der Waals surface area contributed by atoms with Gasteiger partial charge in [-0.25, -0.2) is 0 Å². The topological polar surface area (TPSA) is 47.3 Å². The molecular formula is C12H15ClN2OS. The smallest absolute Gasteiger partial charge is 0.107 e. The molecule has 1 aliphatic rings. The van der Waals surface area contributed by atoms with Crippen LogP contribution in [-0.2, 0) is 4.74 Å². The van der Waals surface area contributed by atoms with Crippen LogP contribution >= 0.6 is 23.8 Å². The molecule has 1 aliphatic carbocycles. The lowest BCUT2D eigenvalue weighted by Crippen LogP contribution is -2.40. The molecule has 0 saturated heterocycles. The Morgan fingerprint density at radius 2 is 2.24 bits per heavy atom. The van der Waals surface area contributed by atoms with Crippen molar-refractivity contribution in [1.82, 2.24) is 0 Å². The highest BCUT2D eigenvalue weighted by Gasteiger charge is 2.29. The molecule has 0 unspecified atom stereocenters. The standard InChI is InChI=1S/C12H15ClN2OS/c1-16-8-5-7(6-8)15-10-4-2-3-9(13)11(10)12(14)17/h2-4,7-8,15H,5-6H2,1H3,(H2,14,17). The molecule has 0 spiro atoms. The molecule has 1 aromatic carbocycles. The minimum atomic E-state index is 0.320. The van der Waals surface area contributed by atoms with Gasteiger partial charge in [0.1, 0.15) is 4.99 Å². The third kappa shape index (κ3) is 2.70. The maximum Gasteiger partial charge on any atom is 0.107 e. The predicted molar refractivity (Wildman–Crippen MR) is 74.8 cm³/mol. The third-order valence-corrected chi connectivity index (χ3v) is 3.57. The van der Waals surface area contributed by atoms with Crippen molar-refractivity contribution in [3.63, 3.8) is 0 Å². The van der Waals surface area contributed by atoms with E-state index in [1.807, 2.05) is 12.1 Å². The Hall–Kier alpha value is -0.840. The summed E-state index contributed by atoms with van der Waals surface area (Å²) in [4.78, 5) is 0.320. The van der Waals surface area contributed by atoms with Gasteiger partial charge in [0.15, 0.2) is 0 Å². The van der Waals surface area contributed by atoms with Gasteiger partial charge in [0.05, 0.1) is 16.7 Å². The number of methoxy groups -OCH3 is 1. The molecule has 92 valence electrons. The fourth-order valence-electron chi connectivity index (χ4n) is 1.99. The summed E-state index contributed by atoms with van der Waals surface area (Å²) in [5.41, 5.74) is 7.32. The predicted octanol–water partition coefficient (Wildman–Crippen LogP) is 2.56. The molecule has 0 aliphatic heterocycles. The summed E-state index contributed by atoms with van der Waals surface area (Å²) < 4.78 is 5.24. The summed E-state index contributed by atoms with van der Waals surface area (Å²) in [6, 6.07) is 6.03. The molecule has 0 heterocycles. The highest BCUT2D eigenvalue weighted by Crippen LogP contribution is 2.30. The molecule has 0 atom stereocenters. The molecule has 3 nitrogen and oxygen atoms in total. The first-order chi connectivity index (χ1) is 8.11. The Labute approximate surface area is 111 Å². The summed E-state index contributed by atoms with van der Waals surface area (Å²) in [5.74, 6) is 0. The van der Waals surface area contributed by atoms with Crippen molar-refractivity contribution in [2.75, 3.05) is 12.4 Å². The Balaban J connectivity index is 2.11. The van der Waals surface area contributed by atoms with Crippen molar-refractivity contribution in [2.45, 2.75) is 25.0 Å². The Morgan fingerprint density at radius 3 is 2.82 bits per heavy atom. The fourth-order valence-corrected chi connectivity index (χ4v) is 2.54. The van der Waals surface area contributed by atoms with Crippen LogP contribution in [0.15, 0.2) is 18.2 Å². The van der Waals surface area contributed by atoms with Gasteiger partial charge >= 0.3 is 0 Å². The molecule has 5 heteroatoms. The number of anilines is 1. The lowest BCUT2D eigenvalue weighted by Gasteiger charge is -2.35. The highest BCUT2D eigenvalue weighted by atomic mass is 35.5. The number of benzene rings is 1. The van der Waals surface area contributed by atoms with Crippen molar-refractivity contribution < 1.29 is 4.74 Å². The molecular weight excluding hydrogens is 256 g/mol. The number of thiocarbonyl (C=S) groups is 1. The van der Waals surface area contributed by atoms with Crippen molar-refractivity contribution in [3.8, 4) is 0 Å². The number of hydrogen-bond acceptors (Lipinski definition) is 3. The molecule has 3 N–H and O–H groups in total. The number of nitrogens with one attached hydrogen (secondary N) is 1. The van der Waals surface area contributed by atoms with Crippen LogP contribution < -0.4 is 11.1 Å². The molecule has 0 amide bonds. The van der Waals surface area contributed by atoms with E-state index in [1.165, 1.54) is 0 Å². The zero-order valence-electron chi connectivity index (χ0n) is 9.57. The quantitative estimate of drug-likeness (QED) is 0.826. The highest BCUT2D eigenvalue weighted by molar-refractivity contribution is 7.80. The van der Waals surface area contributed by atoms with Crippen molar-refractivity contribution in [1.29, 1.82) is 0 Å². The first-order valence-corrected chi connectivity index (χ1v) is 6.28. The molecule has 1 saturated carbocycles. The monoisotopic (exact) mass is 270 g/mol. The van der Waals surface area contributed by atoms with Crippen LogP contribution in [-0.4, -0.2) is 24.2 Å². The zero-order chi connectivity index (χ0) is 12.4. The maximum atomic E-state index is 6.09. The summed E-state index contributed by atoms with van der Waals surface area (Å²) in [5, 5.41) is 3.99. The van der Waals surface area contributed by atoms with Gasteiger partial charge in [0.2, 0.25) is 0 Å². The van der Waals surface area contributed by atoms with Gasteiger partial charge < -0.3 is 15.8 Å². The number of nitrogens with two attached hydrogens (primary N) is 1. The van der Waals surface area contributed by atoms with Crippen LogP contribution in [0.1, 0.15) is 18.4 Å². The van der Waals surface area contributed by atoms with E-state index in [2.05, 4.69) is 5.32 Å². The third-order valence-electron chi connectivity index (χ3n) is 3.05. The summed E-state index contributed by atoms with van der Waals surface area (Å²) in [6.07, 6.45) is 2.36. The molecule has 17 heavy (non-hydrogen) atoms. The fraction of sp³-hybridized carbons (Fsp3) is 0.417. The first-order valence-electron chi connectivity index (χ1n) is 5.49. The van der Waals surface area contributed by atoms with Gasteiger partial charge in [0, 0.05) is 18.8 Å². The van der Waals surface area contributed by atoms with E-state index in [-0.39, 0.29) is 0 Å². The van der Waals surface area contributed by atoms with Gasteiger partial charge in [-0.15, -0.1) is 0 Å². The summed E-state index contributed by atoms with van der Waals surface area (Å²) >= 11 is 11.1. The molecule has 1 aromatic rings. The van der Waals surface area contributed by atoms with E-state index >= 15 is 0 Å². The second-order valence-corrected chi connectivity index (χ2v) is 5.04. The Bertz CT molecular complexity index is 433.